The molecule has 6 nitrogen and oxygen atoms in total. The van der Waals surface area contributed by atoms with Crippen LogP contribution in [0.1, 0.15) is 20.3 Å². The molecule has 86 valence electrons. The maximum Gasteiger partial charge on any atom is 0.330 e. The second-order valence-corrected chi connectivity index (χ2v) is 4.19. The highest BCUT2D eigenvalue weighted by Gasteiger charge is 2.09. The second kappa shape index (κ2) is 3.96. The van der Waals surface area contributed by atoms with Gasteiger partial charge in [-0.2, -0.15) is 0 Å². The monoisotopic (exact) mass is 222 g/mol. The van der Waals surface area contributed by atoms with E-state index in [2.05, 4.69) is 28.8 Å². The number of aromatic nitrogens is 4. The SMILES string of the molecule is CC(C)CCn1c(=O)[nH]c(=O)c2[nH]cnc21. The van der Waals surface area contributed by atoms with Crippen LogP contribution in [0.3, 0.4) is 0 Å². The first-order valence-corrected chi connectivity index (χ1v) is 5.26. The Kier molecular flexibility index (Phi) is 2.64. The molecule has 6 heteroatoms. The minimum absolute atomic E-state index is 0.350. The second-order valence-electron chi connectivity index (χ2n) is 4.19. The van der Waals surface area contributed by atoms with E-state index in [0.717, 1.165) is 6.42 Å². The molecule has 0 atom stereocenters. The van der Waals surface area contributed by atoms with Gasteiger partial charge in [0, 0.05) is 6.54 Å². The predicted octanol–water partition coefficient (Wildman–Crippen LogP) is 0.459. The van der Waals surface area contributed by atoms with Gasteiger partial charge in [-0.1, -0.05) is 13.8 Å². The fourth-order valence-corrected chi connectivity index (χ4v) is 1.58. The van der Waals surface area contributed by atoms with Gasteiger partial charge < -0.3 is 4.98 Å². The van der Waals surface area contributed by atoms with Crippen molar-refractivity contribution in [2.45, 2.75) is 26.8 Å². The summed E-state index contributed by atoms with van der Waals surface area (Å²) in [6.45, 7) is 4.73. The molecule has 0 aromatic carbocycles. The van der Waals surface area contributed by atoms with E-state index in [-0.39, 0.29) is 0 Å². The molecule has 0 aliphatic carbocycles. The van der Waals surface area contributed by atoms with Gasteiger partial charge >= 0.3 is 5.69 Å². The topological polar surface area (TPSA) is 83.5 Å². The summed E-state index contributed by atoms with van der Waals surface area (Å²) in [5.74, 6) is 0.493. The van der Waals surface area contributed by atoms with Crippen molar-refractivity contribution in [1.82, 2.24) is 19.5 Å². The summed E-state index contributed by atoms with van der Waals surface area (Å²) in [6, 6.07) is 0. The van der Waals surface area contributed by atoms with Crippen molar-refractivity contribution in [3.05, 3.63) is 27.2 Å². The Morgan fingerprint density at radius 3 is 2.88 bits per heavy atom. The molecule has 0 amide bonds. The lowest BCUT2D eigenvalue weighted by Crippen LogP contribution is -2.30. The zero-order chi connectivity index (χ0) is 11.7. The first-order valence-electron chi connectivity index (χ1n) is 5.26. The molecule has 2 N–H and O–H groups in total. The van der Waals surface area contributed by atoms with Crippen LogP contribution in [0.2, 0.25) is 0 Å². The molecule has 0 aliphatic rings. The highest BCUT2D eigenvalue weighted by molar-refractivity contribution is 5.68. The van der Waals surface area contributed by atoms with Crippen molar-refractivity contribution >= 4 is 11.2 Å². The molecule has 2 rings (SSSR count). The van der Waals surface area contributed by atoms with E-state index in [1.807, 2.05) is 0 Å². The van der Waals surface area contributed by atoms with Gasteiger partial charge in [0.1, 0.15) is 5.52 Å². The molecule has 16 heavy (non-hydrogen) atoms. The number of imidazole rings is 1. The fraction of sp³-hybridized carbons (Fsp3) is 0.500. The Balaban J connectivity index is 2.55. The van der Waals surface area contributed by atoms with Gasteiger partial charge in [-0.05, 0) is 12.3 Å². The maximum absolute atomic E-state index is 11.6. The van der Waals surface area contributed by atoms with Crippen LogP contribution >= 0.6 is 0 Å². The Hall–Kier alpha value is -1.85. The molecule has 0 saturated carbocycles. The average molecular weight is 222 g/mol. The van der Waals surface area contributed by atoms with Crippen LogP contribution in [-0.4, -0.2) is 19.5 Å². The zero-order valence-electron chi connectivity index (χ0n) is 9.28. The fourth-order valence-electron chi connectivity index (χ4n) is 1.58. The van der Waals surface area contributed by atoms with E-state index in [1.54, 1.807) is 0 Å². The summed E-state index contributed by atoms with van der Waals surface area (Å²) in [5, 5.41) is 0. The maximum atomic E-state index is 11.6. The van der Waals surface area contributed by atoms with E-state index in [4.69, 9.17) is 0 Å². The zero-order valence-corrected chi connectivity index (χ0v) is 9.28. The van der Waals surface area contributed by atoms with E-state index in [1.165, 1.54) is 10.9 Å². The smallest absolute Gasteiger partial charge is 0.330 e. The minimum atomic E-state index is -0.418. The third-order valence-electron chi connectivity index (χ3n) is 2.50. The molecular weight excluding hydrogens is 208 g/mol. The summed E-state index contributed by atoms with van der Waals surface area (Å²) in [4.78, 5) is 32.0. The molecule has 0 fully saturated rings. The lowest BCUT2D eigenvalue weighted by Gasteiger charge is -2.07. The van der Waals surface area contributed by atoms with Crippen molar-refractivity contribution in [3.63, 3.8) is 0 Å². The molecular formula is C10H14N4O2. The Bertz CT molecular complexity index is 605. The van der Waals surface area contributed by atoms with Crippen molar-refractivity contribution in [1.29, 1.82) is 0 Å². The normalized spacial score (nSPS) is 11.4. The summed E-state index contributed by atoms with van der Waals surface area (Å²) >= 11 is 0. The molecule has 0 unspecified atom stereocenters. The average Bonchev–Trinajstić information content (AvgIpc) is 2.65. The van der Waals surface area contributed by atoms with Crippen molar-refractivity contribution in [2.24, 2.45) is 5.92 Å². The van der Waals surface area contributed by atoms with Crippen LogP contribution in [0.5, 0.6) is 0 Å². The number of nitrogens with zero attached hydrogens (tertiary/aromatic N) is 2. The quantitative estimate of drug-likeness (QED) is 0.791. The summed E-state index contributed by atoms with van der Waals surface area (Å²) in [6.07, 6.45) is 2.29. The summed E-state index contributed by atoms with van der Waals surface area (Å²) < 4.78 is 1.49. The minimum Gasteiger partial charge on any atom is -0.339 e. The van der Waals surface area contributed by atoms with Gasteiger partial charge in [0.25, 0.3) is 5.56 Å². The number of nitrogens with one attached hydrogen (secondary N) is 2. The predicted molar refractivity (Wildman–Crippen MR) is 60.4 cm³/mol. The first-order chi connectivity index (χ1) is 7.59. The van der Waals surface area contributed by atoms with Gasteiger partial charge in [-0.25, -0.2) is 9.78 Å². The highest BCUT2D eigenvalue weighted by atomic mass is 16.2. The molecule has 0 radical (unpaired) electrons. The lowest BCUT2D eigenvalue weighted by molar-refractivity contribution is 0.510. The Morgan fingerprint density at radius 1 is 1.44 bits per heavy atom. The summed E-state index contributed by atoms with van der Waals surface area (Å²) in [7, 11) is 0. The van der Waals surface area contributed by atoms with Gasteiger partial charge in [0.05, 0.1) is 6.33 Å². The van der Waals surface area contributed by atoms with Crippen LogP contribution in [-0.2, 0) is 6.54 Å². The van der Waals surface area contributed by atoms with Crippen LogP contribution in [0.15, 0.2) is 15.9 Å². The van der Waals surface area contributed by atoms with Crippen molar-refractivity contribution < 1.29 is 0 Å². The number of hydrogen-bond donors (Lipinski definition) is 2. The molecule has 2 aromatic heterocycles. The lowest BCUT2D eigenvalue weighted by atomic mass is 10.1. The third kappa shape index (κ3) is 1.78. The van der Waals surface area contributed by atoms with Crippen LogP contribution in [0.4, 0.5) is 0 Å². The van der Waals surface area contributed by atoms with Crippen molar-refractivity contribution in [2.75, 3.05) is 0 Å². The molecule has 0 saturated heterocycles. The highest BCUT2D eigenvalue weighted by Crippen LogP contribution is 2.05. The number of H-pyrrole nitrogens is 2. The number of hydrogen-bond acceptors (Lipinski definition) is 3. The Morgan fingerprint density at radius 2 is 2.19 bits per heavy atom. The van der Waals surface area contributed by atoms with Crippen molar-refractivity contribution in [3.8, 4) is 0 Å². The van der Waals surface area contributed by atoms with E-state index < -0.39 is 11.2 Å². The largest absolute Gasteiger partial charge is 0.339 e. The van der Waals surface area contributed by atoms with Gasteiger partial charge in [0.2, 0.25) is 0 Å². The molecule has 0 spiro atoms. The number of aromatic amines is 2. The molecule has 0 bridgehead atoms. The molecule has 0 aliphatic heterocycles. The van der Waals surface area contributed by atoms with Gasteiger partial charge in [-0.15, -0.1) is 0 Å². The third-order valence-corrected chi connectivity index (χ3v) is 2.50. The number of rotatable bonds is 3. The molecule has 2 heterocycles. The number of aryl methyl sites for hydroxylation is 1. The Labute approximate surface area is 91.3 Å². The van der Waals surface area contributed by atoms with Crippen LogP contribution in [0.25, 0.3) is 11.2 Å². The van der Waals surface area contributed by atoms with Crippen LogP contribution in [0, 0.1) is 5.92 Å². The van der Waals surface area contributed by atoms with Crippen LogP contribution < -0.4 is 11.2 Å². The first kappa shape index (κ1) is 10.7. The number of fused-ring (bicyclic) bond motifs is 1. The van der Waals surface area contributed by atoms with Gasteiger partial charge in [-0.3, -0.25) is 14.3 Å². The van der Waals surface area contributed by atoms with E-state index >= 15 is 0 Å². The standard InChI is InChI=1S/C10H14N4O2/c1-6(2)3-4-14-8-7(11-5-12-8)9(15)13-10(14)16/h5-6H,3-4H2,1-2H3,(H,11,12)(H,13,15,16). The van der Waals surface area contributed by atoms with Gasteiger partial charge in [0.15, 0.2) is 5.65 Å². The van der Waals surface area contributed by atoms with E-state index in [0.29, 0.717) is 23.6 Å². The molecule has 2 aromatic rings. The summed E-state index contributed by atoms with van der Waals surface area (Å²) in [5.41, 5.74) is -0.0405. The van der Waals surface area contributed by atoms with E-state index in [9.17, 15) is 9.59 Å².